The first-order valence-electron chi connectivity index (χ1n) is 8.98. The van der Waals surface area contributed by atoms with Crippen molar-refractivity contribution in [1.82, 2.24) is 9.97 Å². The van der Waals surface area contributed by atoms with Gasteiger partial charge in [0.25, 0.3) is 0 Å². The standard InChI is InChI=1S/C19H25N5O/c1-12(2)21-17-9-18(24-15-7-8-16(24)11-25-10-15)23-19(22-17)13-3-5-14(20)6-4-13/h3-6,9,12,15-16H,7-8,10-11,20H2,1-2H3,(H,21,22,23). The van der Waals surface area contributed by atoms with Gasteiger partial charge < -0.3 is 20.7 Å². The summed E-state index contributed by atoms with van der Waals surface area (Å²) in [6.07, 6.45) is 2.33. The zero-order valence-corrected chi connectivity index (χ0v) is 14.8. The Bertz CT molecular complexity index is 730. The third kappa shape index (κ3) is 3.26. The van der Waals surface area contributed by atoms with Crippen molar-refractivity contribution >= 4 is 17.3 Å². The van der Waals surface area contributed by atoms with E-state index in [-0.39, 0.29) is 0 Å². The maximum Gasteiger partial charge on any atom is 0.163 e. The van der Waals surface area contributed by atoms with Gasteiger partial charge in [0.15, 0.2) is 5.82 Å². The minimum atomic E-state index is 0.309. The zero-order chi connectivity index (χ0) is 17.4. The molecule has 4 rings (SSSR count). The summed E-state index contributed by atoms with van der Waals surface area (Å²) in [7, 11) is 0. The second-order valence-corrected chi connectivity index (χ2v) is 7.19. The maximum atomic E-state index is 5.82. The van der Waals surface area contributed by atoms with E-state index in [2.05, 4.69) is 30.1 Å². The van der Waals surface area contributed by atoms with Gasteiger partial charge in [-0.2, -0.15) is 0 Å². The van der Waals surface area contributed by atoms with Crippen molar-refractivity contribution in [2.75, 3.05) is 29.2 Å². The van der Waals surface area contributed by atoms with Gasteiger partial charge >= 0.3 is 0 Å². The number of hydrogen-bond donors (Lipinski definition) is 2. The van der Waals surface area contributed by atoms with E-state index in [1.165, 1.54) is 12.8 Å². The van der Waals surface area contributed by atoms with E-state index in [0.29, 0.717) is 18.1 Å². The van der Waals surface area contributed by atoms with E-state index < -0.39 is 0 Å². The number of hydrogen-bond acceptors (Lipinski definition) is 6. The predicted octanol–water partition coefficient (Wildman–Crippen LogP) is 2.91. The number of nitrogens with zero attached hydrogens (tertiary/aromatic N) is 3. The molecule has 25 heavy (non-hydrogen) atoms. The van der Waals surface area contributed by atoms with E-state index in [0.717, 1.165) is 41.9 Å². The van der Waals surface area contributed by atoms with Gasteiger partial charge in [0.2, 0.25) is 0 Å². The summed E-state index contributed by atoms with van der Waals surface area (Å²) in [5.74, 6) is 2.57. The summed E-state index contributed by atoms with van der Waals surface area (Å²) in [5, 5.41) is 3.42. The third-order valence-corrected chi connectivity index (χ3v) is 4.82. The van der Waals surface area contributed by atoms with Crippen molar-refractivity contribution in [2.24, 2.45) is 0 Å². The Morgan fingerprint density at radius 2 is 1.80 bits per heavy atom. The first kappa shape index (κ1) is 16.1. The van der Waals surface area contributed by atoms with Gasteiger partial charge in [-0.3, -0.25) is 0 Å². The molecule has 3 heterocycles. The molecule has 2 unspecified atom stereocenters. The highest BCUT2D eigenvalue weighted by Gasteiger charge is 2.38. The van der Waals surface area contributed by atoms with E-state index in [1.807, 2.05) is 24.3 Å². The van der Waals surface area contributed by atoms with Gasteiger partial charge in [0.1, 0.15) is 11.6 Å². The molecule has 2 aromatic rings. The number of nitrogen functional groups attached to an aromatic ring is 1. The molecule has 6 nitrogen and oxygen atoms in total. The Morgan fingerprint density at radius 3 is 2.44 bits per heavy atom. The summed E-state index contributed by atoms with van der Waals surface area (Å²) in [5.41, 5.74) is 7.53. The van der Waals surface area contributed by atoms with E-state index in [4.69, 9.17) is 20.4 Å². The lowest BCUT2D eigenvalue weighted by atomic mass is 10.2. The molecule has 2 fully saturated rings. The highest BCUT2D eigenvalue weighted by atomic mass is 16.5. The molecule has 2 atom stereocenters. The average Bonchev–Trinajstić information content (AvgIpc) is 2.84. The maximum absolute atomic E-state index is 5.82. The Labute approximate surface area is 148 Å². The molecular formula is C19H25N5O. The van der Waals surface area contributed by atoms with Crippen molar-refractivity contribution in [2.45, 2.75) is 44.8 Å². The van der Waals surface area contributed by atoms with Crippen LogP contribution in [0.2, 0.25) is 0 Å². The van der Waals surface area contributed by atoms with Crippen LogP contribution in [0.25, 0.3) is 11.4 Å². The number of ether oxygens (including phenoxy) is 1. The van der Waals surface area contributed by atoms with Gasteiger partial charge in [0, 0.05) is 23.4 Å². The normalized spacial score (nSPS) is 22.4. The van der Waals surface area contributed by atoms with Crippen LogP contribution < -0.4 is 16.0 Å². The van der Waals surface area contributed by atoms with Gasteiger partial charge in [0.05, 0.1) is 25.3 Å². The lowest BCUT2D eigenvalue weighted by Gasteiger charge is -2.36. The van der Waals surface area contributed by atoms with Crippen LogP contribution in [-0.4, -0.2) is 41.3 Å². The average molecular weight is 339 g/mol. The Balaban J connectivity index is 1.75. The van der Waals surface area contributed by atoms with Crippen molar-refractivity contribution < 1.29 is 4.74 Å². The molecule has 6 heteroatoms. The summed E-state index contributed by atoms with van der Waals surface area (Å²) in [6.45, 7) is 5.79. The van der Waals surface area contributed by atoms with Crippen LogP contribution in [0.1, 0.15) is 26.7 Å². The molecule has 3 N–H and O–H groups in total. The molecule has 132 valence electrons. The number of rotatable bonds is 4. The summed E-state index contributed by atoms with van der Waals surface area (Å²) in [6, 6.07) is 10.9. The highest BCUT2D eigenvalue weighted by molar-refractivity contribution is 5.64. The molecule has 0 radical (unpaired) electrons. The second kappa shape index (κ2) is 6.52. The molecule has 2 aliphatic heterocycles. The molecule has 0 amide bonds. The van der Waals surface area contributed by atoms with Crippen molar-refractivity contribution in [1.29, 1.82) is 0 Å². The van der Waals surface area contributed by atoms with Crippen molar-refractivity contribution in [3.8, 4) is 11.4 Å². The zero-order valence-electron chi connectivity index (χ0n) is 14.8. The van der Waals surface area contributed by atoms with Crippen molar-refractivity contribution in [3.63, 3.8) is 0 Å². The second-order valence-electron chi connectivity index (χ2n) is 7.19. The third-order valence-electron chi connectivity index (χ3n) is 4.82. The molecular weight excluding hydrogens is 314 g/mol. The Hall–Kier alpha value is -2.34. The number of nitrogens with two attached hydrogens (primary N) is 1. The lowest BCUT2D eigenvalue weighted by molar-refractivity contribution is 0.0902. The smallest absolute Gasteiger partial charge is 0.163 e. The summed E-state index contributed by atoms with van der Waals surface area (Å²) < 4.78 is 5.72. The Morgan fingerprint density at radius 1 is 1.12 bits per heavy atom. The van der Waals surface area contributed by atoms with Gasteiger partial charge in [-0.25, -0.2) is 9.97 Å². The van der Waals surface area contributed by atoms with Crippen LogP contribution in [0.4, 0.5) is 17.3 Å². The molecule has 0 spiro atoms. The number of fused-ring (bicyclic) bond motifs is 2. The minimum absolute atomic E-state index is 0.309. The highest BCUT2D eigenvalue weighted by Crippen LogP contribution is 2.34. The van der Waals surface area contributed by atoms with Crippen LogP contribution in [-0.2, 0) is 4.74 Å². The van der Waals surface area contributed by atoms with E-state index in [9.17, 15) is 0 Å². The fourth-order valence-corrected chi connectivity index (χ4v) is 3.70. The monoisotopic (exact) mass is 339 g/mol. The summed E-state index contributed by atoms with van der Waals surface area (Å²) in [4.78, 5) is 12.0. The van der Waals surface area contributed by atoms with Gasteiger partial charge in [-0.15, -0.1) is 0 Å². The van der Waals surface area contributed by atoms with Crippen LogP contribution in [0.5, 0.6) is 0 Å². The Kier molecular flexibility index (Phi) is 4.21. The minimum Gasteiger partial charge on any atom is -0.399 e. The number of benzene rings is 1. The van der Waals surface area contributed by atoms with Crippen LogP contribution in [0.3, 0.4) is 0 Å². The lowest BCUT2D eigenvalue weighted by Crippen LogP contribution is -2.46. The quantitative estimate of drug-likeness (QED) is 0.834. The molecule has 2 saturated heterocycles. The van der Waals surface area contributed by atoms with Crippen LogP contribution >= 0.6 is 0 Å². The predicted molar refractivity (Wildman–Crippen MR) is 101 cm³/mol. The van der Waals surface area contributed by atoms with Gasteiger partial charge in [-0.1, -0.05) is 0 Å². The first-order valence-corrected chi connectivity index (χ1v) is 8.98. The molecule has 1 aromatic heterocycles. The molecule has 2 bridgehead atoms. The first-order chi connectivity index (χ1) is 12.1. The summed E-state index contributed by atoms with van der Waals surface area (Å²) >= 11 is 0. The number of aromatic nitrogens is 2. The molecule has 0 aliphatic carbocycles. The molecule has 1 aromatic carbocycles. The van der Waals surface area contributed by atoms with Crippen LogP contribution in [0.15, 0.2) is 30.3 Å². The van der Waals surface area contributed by atoms with E-state index >= 15 is 0 Å². The SMILES string of the molecule is CC(C)Nc1cc(N2C3CCC2COC3)nc(-c2ccc(N)cc2)n1. The number of anilines is 3. The molecule has 0 saturated carbocycles. The fourth-order valence-electron chi connectivity index (χ4n) is 3.70. The van der Waals surface area contributed by atoms with Crippen molar-refractivity contribution in [3.05, 3.63) is 30.3 Å². The topological polar surface area (TPSA) is 76.3 Å². The number of morpholine rings is 1. The van der Waals surface area contributed by atoms with E-state index in [1.54, 1.807) is 0 Å². The largest absolute Gasteiger partial charge is 0.399 e. The van der Waals surface area contributed by atoms with Crippen LogP contribution in [0, 0.1) is 0 Å². The number of nitrogens with one attached hydrogen (secondary N) is 1. The fraction of sp³-hybridized carbons (Fsp3) is 0.474. The van der Waals surface area contributed by atoms with Gasteiger partial charge in [-0.05, 0) is 51.0 Å². The molecule has 2 aliphatic rings.